The van der Waals surface area contributed by atoms with Gasteiger partial charge in [-0.3, -0.25) is 19.2 Å². The molecule has 1 unspecified atom stereocenters. The van der Waals surface area contributed by atoms with Crippen LogP contribution in [0, 0.1) is 0 Å². The van der Waals surface area contributed by atoms with Gasteiger partial charge in [-0.05, 0) is 32.4 Å². The van der Waals surface area contributed by atoms with Crippen LogP contribution in [-0.2, 0) is 13.0 Å². The Morgan fingerprint density at radius 1 is 1.37 bits per heavy atom. The van der Waals surface area contributed by atoms with Crippen LogP contribution < -0.4 is 11.2 Å². The van der Waals surface area contributed by atoms with Crippen molar-refractivity contribution in [1.29, 1.82) is 0 Å². The lowest BCUT2D eigenvalue weighted by Crippen LogP contribution is -2.43. The molecule has 19 heavy (non-hydrogen) atoms. The van der Waals surface area contributed by atoms with Crippen molar-refractivity contribution in [2.24, 2.45) is 0 Å². The lowest BCUT2D eigenvalue weighted by Gasteiger charge is -2.23. The topological polar surface area (TPSA) is 58.1 Å². The SMILES string of the molecule is CCc1c(Cl)[nH]c(=O)n(CC2CCCN2CC)c1=O. The van der Waals surface area contributed by atoms with Crippen LogP contribution in [0.2, 0.25) is 5.15 Å². The van der Waals surface area contributed by atoms with Crippen molar-refractivity contribution >= 4 is 11.6 Å². The highest BCUT2D eigenvalue weighted by atomic mass is 35.5. The fourth-order valence-corrected chi connectivity index (χ4v) is 3.08. The first-order valence-electron chi connectivity index (χ1n) is 6.84. The minimum Gasteiger partial charge on any atom is -0.299 e. The molecule has 1 atom stereocenters. The molecule has 0 saturated carbocycles. The second-order valence-electron chi connectivity index (χ2n) is 4.92. The van der Waals surface area contributed by atoms with E-state index in [1.165, 1.54) is 4.57 Å². The number of likely N-dealkylation sites (N-methyl/N-ethyl adjacent to an activating group) is 1. The summed E-state index contributed by atoms with van der Waals surface area (Å²) in [4.78, 5) is 29.1. The van der Waals surface area contributed by atoms with Crippen LogP contribution in [0.1, 0.15) is 32.3 Å². The molecule has 6 heteroatoms. The highest BCUT2D eigenvalue weighted by Gasteiger charge is 2.25. The molecule has 0 aromatic carbocycles. The molecule has 2 heterocycles. The van der Waals surface area contributed by atoms with Gasteiger partial charge in [-0.2, -0.15) is 0 Å². The van der Waals surface area contributed by atoms with Gasteiger partial charge < -0.3 is 0 Å². The van der Waals surface area contributed by atoms with Gasteiger partial charge in [0.15, 0.2) is 0 Å². The van der Waals surface area contributed by atoms with Crippen LogP contribution >= 0.6 is 11.6 Å². The molecule has 1 aliphatic heterocycles. The number of nitrogens with one attached hydrogen (secondary N) is 1. The van der Waals surface area contributed by atoms with Crippen LogP contribution in [0.25, 0.3) is 0 Å². The highest BCUT2D eigenvalue weighted by molar-refractivity contribution is 6.30. The Morgan fingerprint density at radius 2 is 2.11 bits per heavy atom. The van der Waals surface area contributed by atoms with Crippen LogP contribution in [0.5, 0.6) is 0 Å². The minimum absolute atomic E-state index is 0.174. The maximum absolute atomic E-state index is 12.3. The van der Waals surface area contributed by atoms with Crippen molar-refractivity contribution in [2.75, 3.05) is 13.1 Å². The van der Waals surface area contributed by atoms with E-state index < -0.39 is 5.69 Å². The van der Waals surface area contributed by atoms with E-state index in [4.69, 9.17) is 11.6 Å². The first-order chi connectivity index (χ1) is 9.08. The van der Waals surface area contributed by atoms with E-state index in [-0.39, 0.29) is 16.8 Å². The van der Waals surface area contributed by atoms with Gasteiger partial charge in [-0.15, -0.1) is 0 Å². The molecule has 1 aromatic heterocycles. The zero-order valence-corrected chi connectivity index (χ0v) is 12.2. The standard InChI is InChI=1S/C13H20ClN3O2/c1-3-10-11(14)15-13(19)17(12(10)18)8-9-6-5-7-16(9)4-2/h9H,3-8H2,1-2H3,(H,15,19). The maximum atomic E-state index is 12.3. The van der Waals surface area contributed by atoms with E-state index in [0.29, 0.717) is 18.5 Å². The monoisotopic (exact) mass is 285 g/mol. The molecule has 0 bridgehead atoms. The largest absolute Gasteiger partial charge is 0.329 e. The van der Waals surface area contributed by atoms with Crippen molar-refractivity contribution in [1.82, 2.24) is 14.5 Å². The Balaban J connectivity index is 2.35. The predicted octanol–water partition coefficient (Wildman–Crippen LogP) is 1.24. The molecule has 0 aliphatic carbocycles. The number of likely N-dealkylation sites (tertiary alicyclic amines) is 1. The summed E-state index contributed by atoms with van der Waals surface area (Å²) in [6.45, 7) is 6.41. The Bertz CT molecular complexity index is 564. The molecule has 106 valence electrons. The molecule has 0 spiro atoms. The first kappa shape index (κ1) is 14.3. The third-order valence-corrected chi connectivity index (χ3v) is 4.20. The second kappa shape index (κ2) is 5.92. The molecule has 1 N–H and O–H groups in total. The molecule has 2 rings (SSSR count). The van der Waals surface area contributed by atoms with Gasteiger partial charge in [-0.25, -0.2) is 4.79 Å². The minimum atomic E-state index is -0.407. The normalized spacial score (nSPS) is 20.1. The molecule has 1 fully saturated rings. The van der Waals surface area contributed by atoms with Gasteiger partial charge in [0.25, 0.3) is 5.56 Å². The smallest absolute Gasteiger partial charge is 0.299 e. The molecule has 5 nitrogen and oxygen atoms in total. The third kappa shape index (κ3) is 2.77. The van der Waals surface area contributed by atoms with Crippen LogP contribution in [-0.4, -0.2) is 33.6 Å². The van der Waals surface area contributed by atoms with Crippen molar-refractivity contribution in [2.45, 2.75) is 45.7 Å². The van der Waals surface area contributed by atoms with Gasteiger partial charge in [0.05, 0.1) is 5.56 Å². The van der Waals surface area contributed by atoms with E-state index in [2.05, 4.69) is 16.8 Å². The summed E-state index contributed by atoms with van der Waals surface area (Å²) in [5.41, 5.74) is -0.170. The van der Waals surface area contributed by atoms with E-state index in [1.54, 1.807) is 0 Å². The fourth-order valence-electron chi connectivity index (χ4n) is 2.79. The Kier molecular flexibility index (Phi) is 4.47. The van der Waals surface area contributed by atoms with E-state index in [1.807, 2.05) is 6.92 Å². The summed E-state index contributed by atoms with van der Waals surface area (Å²) in [6.07, 6.45) is 2.68. The number of halogens is 1. The van der Waals surface area contributed by atoms with Crippen molar-refractivity contribution in [3.05, 3.63) is 31.6 Å². The summed E-state index contributed by atoms with van der Waals surface area (Å²) in [7, 11) is 0. The van der Waals surface area contributed by atoms with Gasteiger partial charge >= 0.3 is 5.69 Å². The summed E-state index contributed by atoms with van der Waals surface area (Å²) in [6, 6.07) is 0.273. The zero-order chi connectivity index (χ0) is 14.0. The van der Waals surface area contributed by atoms with E-state index in [9.17, 15) is 9.59 Å². The molecule has 0 radical (unpaired) electrons. The number of hydrogen-bond acceptors (Lipinski definition) is 3. The fraction of sp³-hybridized carbons (Fsp3) is 0.692. The first-order valence-corrected chi connectivity index (χ1v) is 7.21. The average Bonchev–Trinajstić information content (AvgIpc) is 2.82. The summed E-state index contributed by atoms with van der Waals surface area (Å²) >= 11 is 5.90. The predicted molar refractivity (Wildman–Crippen MR) is 76.0 cm³/mol. The van der Waals surface area contributed by atoms with E-state index >= 15 is 0 Å². The molecule has 1 aliphatic rings. The van der Waals surface area contributed by atoms with Gasteiger partial charge in [0, 0.05) is 12.6 Å². The van der Waals surface area contributed by atoms with Crippen molar-refractivity contribution < 1.29 is 0 Å². The average molecular weight is 286 g/mol. The highest BCUT2D eigenvalue weighted by Crippen LogP contribution is 2.17. The molecule has 0 amide bonds. The molecular formula is C13H20ClN3O2. The number of hydrogen-bond donors (Lipinski definition) is 1. The van der Waals surface area contributed by atoms with E-state index in [0.717, 1.165) is 25.9 Å². The van der Waals surface area contributed by atoms with Crippen LogP contribution in [0.15, 0.2) is 9.59 Å². The van der Waals surface area contributed by atoms with Gasteiger partial charge in [0.2, 0.25) is 0 Å². The zero-order valence-electron chi connectivity index (χ0n) is 11.4. The number of aromatic nitrogens is 2. The number of nitrogens with zero attached hydrogens (tertiary/aromatic N) is 2. The van der Waals surface area contributed by atoms with Gasteiger partial charge in [-0.1, -0.05) is 25.4 Å². The maximum Gasteiger partial charge on any atom is 0.329 e. The third-order valence-electron chi connectivity index (χ3n) is 3.88. The Labute approximate surface area is 117 Å². The number of H-pyrrole nitrogens is 1. The Morgan fingerprint density at radius 3 is 2.74 bits per heavy atom. The van der Waals surface area contributed by atoms with Crippen molar-refractivity contribution in [3.8, 4) is 0 Å². The molecule has 1 aromatic rings. The second-order valence-corrected chi connectivity index (χ2v) is 5.29. The summed E-state index contributed by atoms with van der Waals surface area (Å²) in [5, 5.41) is 0.174. The summed E-state index contributed by atoms with van der Waals surface area (Å²) < 4.78 is 1.30. The van der Waals surface area contributed by atoms with Gasteiger partial charge in [0.1, 0.15) is 5.15 Å². The number of rotatable bonds is 4. The molecular weight excluding hydrogens is 266 g/mol. The summed E-state index contributed by atoms with van der Waals surface area (Å²) in [5.74, 6) is 0. The number of aromatic amines is 1. The Hall–Kier alpha value is -1.07. The molecule has 1 saturated heterocycles. The lowest BCUT2D eigenvalue weighted by molar-refractivity contribution is 0.240. The van der Waals surface area contributed by atoms with Crippen LogP contribution in [0.4, 0.5) is 0 Å². The van der Waals surface area contributed by atoms with Crippen LogP contribution in [0.3, 0.4) is 0 Å². The van der Waals surface area contributed by atoms with Crippen molar-refractivity contribution in [3.63, 3.8) is 0 Å². The quantitative estimate of drug-likeness (QED) is 0.847. The lowest BCUT2D eigenvalue weighted by atomic mass is 10.2.